The van der Waals surface area contributed by atoms with Crippen LogP contribution < -0.4 is 4.31 Å². The first-order chi connectivity index (χ1) is 9.82. The van der Waals surface area contributed by atoms with Crippen LogP contribution in [0.3, 0.4) is 0 Å². The van der Waals surface area contributed by atoms with E-state index in [4.69, 9.17) is 11.6 Å². The minimum atomic E-state index is -3.81. The number of thiazole rings is 1. The average molecular weight is 347 g/mol. The van der Waals surface area contributed by atoms with Crippen molar-refractivity contribution in [2.75, 3.05) is 10.8 Å². The number of hydrogen-bond acceptors (Lipinski definition) is 5. The highest BCUT2D eigenvalue weighted by Gasteiger charge is 2.30. The van der Waals surface area contributed by atoms with Gasteiger partial charge in [-0.1, -0.05) is 41.1 Å². The number of sulfonamides is 1. The van der Waals surface area contributed by atoms with Gasteiger partial charge in [-0.15, -0.1) is 0 Å². The summed E-state index contributed by atoms with van der Waals surface area (Å²) in [5.74, 6) is 0. The van der Waals surface area contributed by atoms with Crippen molar-refractivity contribution in [1.29, 1.82) is 0 Å². The maximum Gasteiger partial charge on any atom is 0.275 e. The summed E-state index contributed by atoms with van der Waals surface area (Å²) in [5, 5.41) is 9.62. The quantitative estimate of drug-likeness (QED) is 0.903. The molecule has 5 nitrogen and oxygen atoms in total. The normalized spacial score (nSPS) is 13.1. The second-order valence-corrected chi connectivity index (χ2v) is 8.20. The SMILES string of the molecule is Cc1nc(Cl)sc1S(=O)(=O)N(C[C@@H](C)O)c1ccccc1. The highest BCUT2D eigenvalue weighted by Crippen LogP contribution is 2.32. The smallest absolute Gasteiger partial charge is 0.275 e. The van der Waals surface area contributed by atoms with E-state index in [0.717, 1.165) is 11.3 Å². The Morgan fingerprint density at radius 2 is 2.00 bits per heavy atom. The van der Waals surface area contributed by atoms with Crippen LogP contribution in [0.4, 0.5) is 5.69 Å². The molecule has 2 rings (SSSR count). The third kappa shape index (κ3) is 3.55. The molecule has 0 aliphatic carbocycles. The monoisotopic (exact) mass is 346 g/mol. The number of aliphatic hydroxyl groups excluding tert-OH is 1. The molecule has 1 N–H and O–H groups in total. The summed E-state index contributed by atoms with van der Waals surface area (Å²) in [6.45, 7) is 3.10. The molecule has 1 aromatic carbocycles. The zero-order chi connectivity index (χ0) is 15.6. The molecule has 0 unspecified atom stereocenters. The molecule has 1 aromatic heterocycles. The molecule has 0 aliphatic heterocycles. The molecule has 0 saturated carbocycles. The van der Waals surface area contributed by atoms with Crippen molar-refractivity contribution >= 4 is 38.6 Å². The Morgan fingerprint density at radius 3 is 2.48 bits per heavy atom. The van der Waals surface area contributed by atoms with Gasteiger partial charge in [0.15, 0.2) is 8.68 Å². The van der Waals surface area contributed by atoms with Gasteiger partial charge in [0.2, 0.25) is 0 Å². The summed E-state index contributed by atoms with van der Waals surface area (Å²) in [5.41, 5.74) is 0.846. The van der Waals surface area contributed by atoms with Gasteiger partial charge >= 0.3 is 0 Å². The lowest BCUT2D eigenvalue weighted by molar-refractivity contribution is 0.204. The Kier molecular flexibility index (Phi) is 4.88. The number of hydrogen-bond donors (Lipinski definition) is 1. The van der Waals surface area contributed by atoms with E-state index < -0.39 is 16.1 Å². The van der Waals surface area contributed by atoms with Crippen molar-refractivity contribution in [3.8, 4) is 0 Å². The minimum Gasteiger partial charge on any atom is -0.392 e. The van der Waals surface area contributed by atoms with Crippen molar-refractivity contribution in [1.82, 2.24) is 4.98 Å². The molecular weight excluding hydrogens is 332 g/mol. The molecule has 0 amide bonds. The van der Waals surface area contributed by atoms with E-state index in [1.54, 1.807) is 37.3 Å². The zero-order valence-electron chi connectivity index (χ0n) is 11.5. The van der Waals surface area contributed by atoms with Gasteiger partial charge in [0.25, 0.3) is 10.0 Å². The summed E-state index contributed by atoms with van der Waals surface area (Å²) < 4.78 is 27.1. The topological polar surface area (TPSA) is 70.5 Å². The van der Waals surface area contributed by atoms with E-state index in [1.807, 2.05) is 0 Å². The van der Waals surface area contributed by atoms with E-state index in [0.29, 0.717) is 11.4 Å². The highest BCUT2D eigenvalue weighted by atomic mass is 35.5. The Bertz CT molecular complexity index is 714. The standard InChI is InChI=1S/C13H15ClN2O3S2/c1-9(17)8-16(11-6-4-3-5-7-11)21(18,19)12-10(2)15-13(14)20-12/h3-7,9,17H,8H2,1-2H3/t9-/m1/s1. The first-order valence-electron chi connectivity index (χ1n) is 6.21. The van der Waals surface area contributed by atoms with Crippen molar-refractivity contribution in [3.05, 3.63) is 40.5 Å². The molecule has 0 aliphatic rings. The fourth-order valence-corrected chi connectivity index (χ4v) is 5.25. The fourth-order valence-electron chi connectivity index (χ4n) is 1.87. The van der Waals surface area contributed by atoms with Gasteiger partial charge in [0.1, 0.15) is 0 Å². The molecule has 0 bridgehead atoms. The molecule has 0 saturated heterocycles. The molecule has 1 atom stereocenters. The van der Waals surface area contributed by atoms with Crippen LogP contribution in [-0.2, 0) is 10.0 Å². The van der Waals surface area contributed by atoms with E-state index in [9.17, 15) is 13.5 Å². The molecule has 0 spiro atoms. The average Bonchev–Trinajstić information content (AvgIpc) is 2.76. The number of benzene rings is 1. The molecule has 0 fully saturated rings. The Morgan fingerprint density at radius 1 is 1.38 bits per heavy atom. The fraction of sp³-hybridized carbons (Fsp3) is 0.308. The zero-order valence-corrected chi connectivity index (χ0v) is 13.9. The number of halogens is 1. The van der Waals surface area contributed by atoms with Gasteiger partial charge < -0.3 is 5.11 Å². The second kappa shape index (κ2) is 6.31. The predicted molar refractivity (Wildman–Crippen MR) is 84.5 cm³/mol. The van der Waals surface area contributed by atoms with Crippen LogP contribution in [0.5, 0.6) is 0 Å². The lowest BCUT2D eigenvalue weighted by Crippen LogP contribution is -2.36. The van der Waals surface area contributed by atoms with Crippen LogP contribution in [0.1, 0.15) is 12.6 Å². The van der Waals surface area contributed by atoms with Crippen LogP contribution in [0, 0.1) is 6.92 Å². The maximum absolute atomic E-state index is 12.8. The first kappa shape index (κ1) is 16.2. The summed E-state index contributed by atoms with van der Waals surface area (Å²) in [4.78, 5) is 3.95. The molecule has 21 heavy (non-hydrogen) atoms. The lowest BCUT2D eigenvalue weighted by atomic mass is 10.3. The van der Waals surface area contributed by atoms with Crippen molar-refractivity contribution in [2.45, 2.75) is 24.2 Å². The van der Waals surface area contributed by atoms with Gasteiger partial charge in [-0.2, -0.15) is 0 Å². The van der Waals surface area contributed by atoms with Crippen LogP contribution >= 0.6 is 22.9 Å². The van der Waals surface area contributed by atoms with Crippen LogP contribution in [0.15, 0.2) is 34.5 Å². The number of anilines is 1. The van der Waals surface area contributed by atoms with Crippen LogP contribution in [-0.4, -0.2) is 31.2 Å². The number of rotatable bonds is 5. The molecule has 114 valence electrons. The summed E-state index contributed by atoms with van der Waals surface area (Å²) >= 11 is 6.72. The van der Waals surface area contributed by atoms with Gasteiger partial charge in [-0.3, -0.25) is 4.31 Å². The third-order valence-electron chi connectivity index (χ3n) is 2.73. The highest BCUT2D eigenvalue weighted by molar-refractivity contribution is 7.94. The molecule has 1 heterocycles. The number of nitrogens with zero attached hydrogens (tertiary/aromatic N) is 2. The molecular formula is C13H15ClN2O3S2. The van der Waals surface area contributed by atoms with Gasteiger partial charge in [-0.25, -0.2) is 13.4 Å². The van der Waals surface area contributed by atoms with E-state index in [1.165, 1.54) is 11.2 Å². The summed E-state index contributed by atoms with van der Waals surface area (Å²) in [6, 6.07) is 8.64. The summed E-state index contributed by atoms with van der Waals surface area (Å²) in [6.07, 6.45) is -0.802. The largest absolute Gasteiger partial charge is 0.392 e. The van der Waals surface area contributed by atoms with Crippen LogP contribution in [0.25, 0.3) is 0 Å². The van der Waals surface area contributed by atoms with Gasteiger partial charge in [0.05, 0.1) is 24.0 Å². The van der Waals surface area contributed by atoms with E-state index >= 15 is 0 Å². The van der Waals surface area contributed by atoms with Crippen molar-refractivity contribution < 1.29 is 13.5 Å². The number of para-hydroxylation sites is 1. The van der Waals surface area contributed by atoms with Gasteiger partial charge in [0, 0.05) is 0 Å². The number of aromatic nitrogens is 1. The molecule has 2 aromatic rings. The maximum atomic E-state index is 12.8. The van der Waals surface area contributed by atoms with E-state index in [2.05, 4.69) is 4.98 Å². The Hall–Kier alpha value is -1.15. The Balaban J connectivity index is 2.52. The van der Waals surface area contributed by atoms with E-state index in [-0.39, 0.29) is 15.2 Å². The molecule has 8 heteroatoms. The van der Waals surface area contributed by atoms with Crippen molar-refractivity contribution in [3.63, 3.8) is 0 Å². The van der Waals surface area contributed by atoms with Gasteiger partial charge in [-0.05, 0) is 26.0 Å². The minimum absolute atomic E-state index is 0.0404. The summed E-state index contributed by atoms with van der Waals surface area (Å²) in [7, 11) is -3.81. The molecule has 0 radical (unpaired) electrons. The van der Waals surface area contributed by atoms with Crippen LogP contribution in [0.2, 0.25) is 4.47 Å². The second-order valence-electron chi connectivity index (χ2n) is 4.56. The Labute approximate surface area is 132 Å². The lowest BCUT2D eigenvalue weighted by Gasteiger charge is -2.25. The predicted octanol–water partition coefficient (Wildman–Crippen LogP) is 2.68. The third-order valence-corrected chi connectivity index (χ3v) is 6.37. The number of aryl methyl sites for hydroxylation is 1. The first-order valence-corrected chi connectivity index (χ1v) is 8.84. The number of aliphatic hydroxyl groups is 1. The van der Waals surface area contributed by atoms with Crippen molar-refractivity contribution in [2.24, 2.45) is 0 Å².